The van der Waals surface area contributed by atoms with E-state index in [-0.39, 0.29) is 24.9 Å². The molecule has 0 bridgehead atoms. The van der Waals surface area contributed by atoms with Gasteiger partial charge in [-0.3, -0.25) is 13.9 Å². The Kier molecular flexibility index (Phi) is 11.1. The van der Waals surface area contributed by atoms with Crippen molar-refractivity contribution in [2.24, 2.45) is 0 Å². The Morgan fingerprint density at radius 3 is 1.98 bits per heavy atom. The second-order valence-electron chi connectivity index (χ2n) is 9.73. The summed E-state index contributed by atoms with van der Waals surface area (Å²) in [5.74, 6) is -0.167. The fraction of sp³-hybridized carbons (Fsp3) is 0.355. The van der Waals surface area contributed by atoms with Gasteiger partial charge in [-0.25, -0.2) is 8.42 Å². The van der Waals surface area contributed by atoms with E-state index < -0.39 is 28.5 Å². The number of anilines is 1. The predicted molar refractivity (Wildman–Crippen MR) is 159 cm³/mol. The summed E-state index contributed by atoms with van der Waals surface area (Å²) in [6.45, 7) is 5.92. The molecule has 0 heterocycles. The van der Waals surface area contributed by atoms with E-state index in [2.05, 4.69) is 5.32 Å². The molecular weight excluding hydrogens is 526 g/mol. The first-order valence-electron chi connectivity index (χ1n) is 13.5. The molecule has 8 nitrogen and oxygen atoms in total. The summed E-state index contributed by atoms with van der Waals surface area (Å²) in [7, 11) is -3.83. The van der Waals surface area contributed by atoms with Crippen molar-refractivity contribution < 1.29 is 22.7 Å². The smallest absolute Gasteiger partial charge is 0.244 e. The fourth-order valence-electron chi connectivity index (χ4n) is 4.26. The van der Waals surface area contributed by atoms with Gasteiger partial charge < -0.3 is 15.0 Å². The van der Waals surface area contributed by atoms with Crippen molar-refractivity contribution in [1.29, 1.82) is 0 Å². The molecule has 2 atom stereocenters. The molecule has 1 N–H and O–H groups in total. The van der Waals surface area contributed by atoms with Crippen LogP contribution in [0.15, 0.2) is 84.9 Å². The van der Waals surface area contributed by atoms with Gasteiger partial charge >= 0.3 is 0 Å². The molecule has 3 aromatic rings. The SMILES string of the molecule is CCOc1ccc(N(CC(=O)N(Cc2ccccc2)C(Cc2ccccc2)C(=O)NC(C)CC)S(C)(=O)=O)cc1. The highest BCUT2D eigenvalue weighted by Gasteiger charge is 2.33. The van der Waals surface area contributed by atoms with Gasteiger partial charge in [0.05, 0.1) is 18.6 Å². The summed E-state index contributed by atoms with van der Waals surface area (Å²) in [5.41, 5.74) is 2.06. The number of hydrogen-bond acceptors (Lipinski definition) is 5. The molecule has 0 aliphatic carbocycles. The Balaban J connectivity index is 2.01. The second-order valence-corrected chi connectivity index (χ2v) is 11.6. The molecule has 3 rings (SSSR count). The number of benzene rings is 3. The van der Waals surface area contributed by atoms with Crippen LogP contribution in [0.25, 0.3) is 0 Å². The Labute approximate surface area is 238 Å². The van der Waals surface area contributed by atoms with Crippen molar-refractivity contribution >= 4 is 27.5 Å². The molecule has 0 radical (unpaired) electrons. The van der Waals surface area contributed by atoms with Gasteiger partial charge in [0.2, 0.25) is 21.8 Å². The van der Waals surface area contributed by atoms with Crippen molar-refractivity contribution in [3.63, 3.8) is 0 Å². The predicted octanol–water partition coefficient (Wildman–Crippen LogP) is 4.41. The highest BCUT2D eigenvalue weighted by atomic mass is 32.2. The van der Waals surface area contributed by atoms with Gasteiger partial charge in [0.15, 0.2) is 0 Å². The van der Waals surface area contributed by atoms with Crippen LogP contribution < -0.4 is 14.4 Å². The van der Waals surface area contributed by atoms with Crippen LogP contribution >= 0.6 is 0 Å². The van der Waals surface area contributed by atoms with Gasteiger partial charge in [-0.15, -0.1) is 0 Å². The number of nitrogens with zero attached hydrogens (tertiary/aromatic N) is 2. The van der Waals surface area contributed by atoms with E-state index in [1.54, 1.807) is 24.3 Å². The van der Waals surface area contributed by atoms with E-state index in [1.165, 1.54) is 4.90 Å². The van der Waals surface area contributed by atoms with Crippen molar-refractivity contribution in [2.75, 3.05) is 23.7 Å². The first kappa shape index (κ1) is 30.7. The van der Waals surface area contributed by atoms with Crippen LogP contribution in [0.4, 0.5) is 5.69 Å². The molecule has 0 saturated carbocycles. The van der Waals surface area contributed by atoms with Crippen LogP contribution in [0.2, 0.25) is 0 Å². The fourth-order valence-corrected chi connectivity index (χ4v) is 5.11. The lowest BCUT2D eigenvalue weighted by Gasteiger charge is -2.34. The molecular formula is C31H39N3O5S. The molecule has 214 valence electrons. The molecule has 0 aliphatic heterocycles. The van der Waals surface area contributed by atoms with Crippen molar-refractivity contribution in [1.82, 2.24) is 10.2 Å². The van der Waals surface area contributed by atoms with Crippen molar-refractivity contribution in [2.45, 2.75) is 52.2 Å². The Bertz CT molecular complexity index is 1330. The highest BCUT2D eigenvalue weighted by Crippen LogP contribution is 2.23. The zero-order chi connectivity index (χ0) is 29.1. The van der Waals surface area contributed by atoms with Crippen LogP contribution in [0.3, 0.4) is 0 Å². The molecule has 0 aromatic heterocycles. The summed E-state index contributed by atoms with van der Waals surface area (Å²) in [6.07, 6.45) is 2.08. The van der Waals surface area contributed by atoms with Gasteiger partial charge in [0.1, 0.15) is 18.3 Å². The molecule has 0 aliphatic rings. The first-order valence-corrected chi connectivity index (χ1v) is 15.4. The van der Waals surface area contributed by atoms with Crippen LogP contribution in [-0.2, 0) is 32.6 Å². The maximum atomic E-state index is 14.1. The summed E-state index contributed by atoms with van der Waals surface area (Å²) < 4.78 is 32.3. The van der Waals surface area contributed by atoms with Gasteiger partial charge in [-0.1, -0.05) is 67.6 Å². The number of carbonyl (C=O) groups excluding carboxylic acids is 2. The number of sulfonamides is 1. The largest absolute Gasteiger partial charge is 0.494 e. The quantitative estimate of drug-likeness (QED) is 0.313. The molecule has 0 saturated heterocycles. The summed E-state index contributed by atoms with van der Waals surface area (Å²) in [5, 5.41) is 3.03. The lowest BCUT2D eigenvalue weighted by molar-refractivity contribution is -0.140. The molecule has 2 amide bonds. The zero-order valence-corrected chi connectivity index (χ0v) is 24.4. The lowest BCUT2D eigenvalue weighted by atomic mass is 10.0. The third-order valence-corrected chi connectivity index (χ3v) is 7.72. The minimum Gasteiger partial charge on any atom is -0.494 e. The summed E-state index contributed by atoms with van der Waals surface area (Å²) in [4.78, 5) is 29.2. The number of hydrogen-bond donors (Lipinski definition) is 1. The van der Waals surface area contributed by atoms with Gasteiger partial charge in [-0.05, 0) is 55.7 Å². The Hall–Kier alpha value is -3.85. The third kappa shape index (κ3) is 8.84. The third-order valence-electron chi connectivity index (χ3n) is 6.58. The molecule has 9 heteroatoms. The number of rotatable bonds is 14. The van der Waals surface area contributed by atoms with E-state index in [4.69, 9.17) is 4.74 Å². The zero-order valence-electron chi connectivity index (χ0n) is 23.6. The number of nitrogens with one attached hydrogen (secondary N) is 1. The van der Waals surface area contributed by atoms with Crippen LogP contribution in [-0.4, -0.2) is 56.6 Å². The van der Waals surface area contributed by atoms with Gasteiger partial charge in [-0.2, -0.15) is 0 Å². The van der Waals surface area contributed by atoms with Crippen LogP contribution in [0.5, 0.6) is 5.75 Å². The molecule has 0 spiro atoms. The normalized spacial score (nSPS) is 12.7. The van der Waals surface area contributed by atoms with Crippen LogP contribution in [0, 0.1) is 0 Å². The topological polar surface area (TPSA) is 96.0 Å². The van der Waals surface area contributed by atoms with E-state index in [9.17, 15) is 18.0 Å². The minimum atomic E-state index is -3.83. The maximum absolute atomic E-state index is 14.1. The van der Waals surface area contributed by atoms with Gasteiger partial charge in [0, 0.05) is 19.0 Å². The summed E-state index contributed by atoms with van der Waals surface area (Å²) >= 11 is 0. The molecule has 0 fully saturated rings. The highest BCUT2D eigenvalue weighted by molar-refractivity contribution is 7.92. The average Bonchev–Trinajstić information content (AvgIpc) is 2.94. The number of amides is 2. The Morgan fingerprint density at radius 2 is 1.45 bits per heavy atom. The van der Waals surface area contributed by atoms with E-state index >= 15 is 0 Å². The monoisotopic (exact) mass is 565 g/mol. The first-order chi connectivity index (χ1) is 19.1. The average molecular weight is 566 g/mol. The van der Waals surface area contributed by atoms with E-state index in [1.807, 2.05) is 81.4 Å². The van der Waals surface area contributed by atoms with Crippen LogP contribution in [0.1, 0.15) is 38.3 Å². The van der Waals surface area contributed by atoms with Crippen molar-refractivity contribution in [3.8, 4) is 5.75 Å². The molecule has 40 heavy (non-hydrogen) atoms. The van der Waals surface area contributed by atoms with E-state index in [0.29, 0.717) is 18.0 Å². The summed E-state index contributed by atoms with van der Waals surface area (Å²) in [6, 6.07) is 24.5. The number of carbonyl (C=O) groups is 2. The van der Waals surface area contributed by atoms with Gasteiger partial charge in [0.25, 0.3) is 0 Å². The minimum absolute atomic E-state index is 0.0872. The molecule has 3 aromatic carbocycles. The Morgan fingerprint density at radius 1 is 0.875 bits per heavy atom. The van der Waals surface area contributed by atoms with Crippen molar-refractivity contribution in [3.05, 3.63) is 96.1 Å². The maximum Gasteiger partial charge on any atom is 0.244 e. The number of ether oxygens (including phenoxy) is 1. The lowest BCUT2D eigenvalue weighted by Crippen LogP contribution is -2.54. The standard InChI is InChI=1S/C31H39N3O5S/c1-5-24(3)32-31(36)29(21-25-13-9-7-10-14-25)33(22-26-15-11-8-12-16-26)30(35)23-34(40(4,37)38)27-17-19-28(20-18-27)39-6-2/h7-20,24,29H,5-6,21-23H2,1-4H3,(H,32,36). The van der Waals surface area contributed by atoms with E-state index in [0.717, 1.165) is 28.1 Å². The second kappa shape index (κ2) is 14.5. The molecule has 2 unspecified atom stereocenters.